The lowest BCUT2D eigenvalue weighted by Gasteiger charge is -2.10. The van der Waals surface area contributed by atoms with E-state index in [2.05, 4.69) is 26.5 Å². The van der Waals surface area contributed by atoms with Crippen LogP contribution in [0.15, 0.2) is 76.3 Å². The van der Waals surface area contributed by atoms with Crippen LogP contribution >= 0.6 is 27.5 Å². The summed E-state index contributed by atoms with van der Waals surface area (Å²) in [5.41, 5.74) is 4.27. The third-order valence-electron chi connectivity index (χ3n) is 3.73. The van der Waals surface area contributed by atoms with Crippen LogP contribution in [0, 0.1) is 5.82 Å². The SMILES string of the molecule is O=C(N/N=C\c1cc(Br)ccc1OCc1cccc(F)c1)c1ccc(Cl)cc1. The lowest BCUT2D eigenvalue weighted by molar-refractivity contribution is 0.0955. The van der Waals surface area contributed by atoms with Crippen molar-refractivity contribution < 1.29 is 13.9 Å². The van der Waals surface area contributed by atoms with E-state index in [0.717, 1.165) is 4.47 Å². The molecule has 0 unspecified atom stereocenters. The first-order chi connectivity index (χ1) is 13.5. The van der Waals surface area contributed by atoms with Crippen molar-refractivity contribution in [3.05, 3.63) is 98.7 Å². The Hall–Kier alpha value is -2.70. The van der Waals surface area contributed by atoms with Gasteiger partial charge in [-0.15, -0.1) is 0 Å². The first-order valence-electron chi connectivity index (χ1n) is 8.27. The van der Waals surface area contributed by atoms with Gasteiger partial charge in [0.05, 0.1) is 6.21 Å². The Morgan fingerprint density at radius 2 is 1.93 bits per heavy atom. The molecule has 0 heterocycles. The molecule has 0 aliphatic heterocycles. The Morgan fingerprint density at radius 1 is 1.14 bits per heavy atom. The van der Waals surface area contributed by atoms with E-state index in [-0.39, 0.29) is 18.3 Å². The lowest BCUT2D eigenvalue weighted by Crippen LogP contribution is -2.17. The van der Waals surface area contributed by atoms with Gasteiger partial charge >= 0.3 is 0 Å². The Balaban J connectivity index is 1.68. The average Bonchev–Trinajstić information content (AvgIpc) is 2.68. The molecule has 7 heteroatoms. The van der Waals surface area contributed by atoms with Gasteiger partial charge in [-0.1, -0.05) is 39.7 Å². The summed E-state index contributed by atoms with van der Waals surface area (Å²) in [5.74, 6) is -0.120. The van der Waals surface area contributed by atoms with E-state index in [1.807, 2.05) is 6.07 Å². The van der Waals surface area contributed by atoms with Gasteiger partial charge in [0, 0.05) is 20.6 Å². The third-order valence-corrected chi connectivity index (χ3v) is 4.48. The molecule has 3 aromatic carbocycles. The molecule has 1 N–H and O–H groups in total. The van der Waals surface area contributed by atoms with Crippen molar-refractivity contribution in [1.82, 2.24) is 5.43 Å². The Kier molecular flexibility index (Phi) is 6.79. The van der Waals surface area contributed by atoms with Crippen molar-refractivity contribution >= 4 is 39.7 Å². The molecule has 4 nitrogen and oxygen atoms in total. The minimum absolute atomic E-state index is 0.206. The van der Waals surface area contributed by atoms with Crippen molar-refractivity contribution in [2.24, 2.45) is 5.10 Å². The monoisotopic (exact) mass is 460 g/mol. The molecule has 0 saturated heterocycles. The molecule has 1 amide bonds. The summed E-state index contributed by atoms with van der Waals surface area (Å²) in [6.45, 7) is 0.206. The number of benzene rings is 3. The maximum atomic E-state index is 13.3. The molecule has 3 aromatic rings. The highest BCUT2D eigenvalue weighted by molar-refractivity contribution is 9.10. The van der Waals surface area contributed by atoms with Gasteiger partial charge in [0.25, 0.3) is 5.91 Å². The van der Waals surface area contributed by atoms with Crippen LogP contribution in [0.1, 0.15) is 21.5 Å². The minimum atomic E-state index is -0.356. The fourth-order valence-corrected chi connectivity index (χ4v) is 2.87. The number of halogens is 3. The molecule has 0 saturated carbocycles. The summed E-state index contributed by atoms with van der Waals surface area (Å²) >= 11 is 9.21. The zero-order chi connectivity index (χ0) is 19.9. The highest BCUT2D eigenvalue weighted by Gasteiger charge is 2.06. The molecule has 0 atom stereocenters. The van der Waals surface area contributed by atoms with Crippen LogP contribution < -0.4 is 10.2 Å². The number of nitrogens with one attached hydrogen (secondary N) is 1. The largest absolute Gasteiger partial charge is 0.488 e. The normalized spacial score (nSPS) is 10.8. The molecule has 0 aliphatic carbocycles. The molecular formula is C21H15BrClFN2O2. The van der Waals surface area contributed by atoms with Crippen molar-refractivity contribution in [2.45, 2.75) is 6.61 Å². The molecular weight excluding hydrogens is 447 g/mol. The van der Waals surface area contributed by atoms with Gasteiger partial charge in [0.15, 0.2) is 0 Å². The summed E-state index contributed by atoms with van der Waals surface area (Å²) < 4.78 is 19.9. The first kappa shape index (κ1) is 20.0. The van der Waals surface area contributed by atoms with Crippen LogP contribution in [0.3, 0.4) is 0 Å². The fourth-order valence-electron chi connectivity index (χ4n) is 2.37. The smallest absolute Gasteiger partial charge is 0.271 e. The van der Waals surface area contributed by atoms with E-state index in [1.165, 1.54) is 18.3 Å². The van der Waals surface area contributed by atoms with E-state index in [1.54, 1.807) is 48.5 Å². The number of carbonyl (C=O) groups excluding carboxylic acids is 1. The number of hydrazone groups is 1. The third kappa shape index (κ3) is 5.65. The fraction of sp³-hybridized carbons (Fsp3) is 0.0476. The maximum Gasteiger partial charge on any atom is 0.271 e. The van der Waals surface area contributed by atoms with Gasteiger partial charge in [0.2, 0.25) is 0 Å². The van der Waals surface area contributed by atoms with Crippen molar-refractivity contribution in [3.8, 4) is 5.75 Å². The number of carbonyl (C=O) groups is 1. The summed E-state index contributed by atoms with van der Waals surface area (Å²) in [5, 5.41) is 4.54. The van der Waals surface area contributed by atoms with Crippen LogP contribution in [0.25, 0.3) is 0 Å². The van der Waals surface area contributed by atoms with Gasteiger partial charge in [-0.2, -0.15) is 5.10 Å². The van der Waals surface area contributed by atoms with Gasteiger partial charge in [-0.05, 0) is 60.2 Å². The lowest BCUT2D eigenvalue weighted by atomic mass is 10.2. The number of hydrogen-bond acceptors (Lipinski definition) is 3. The standard InChI is InChI=1S/C21H15BrClFN2O2/c22-17-6-9-20(28-13-14-2-1-3-19(24)10-14)16(11-17)12-25-26-21(27)15-4-7-18(23)8-5-15/h1-12H,13H2,(H,26,27)/b25-12-. The van der Waals surface area contributed by atoms with Crippen molar-refractivity contribution in [2.75, 3.05) is 0 Å². The Morgan fingerprint density at radius 3 is 2.68 bits per heavy atom. The molecule has 0 bridgehead atoms. The quantitative estimate of drug-likeness (QED) is 0.385. The molecule has 0 aromatic heterocycles. The average molecular weight is 462 g/mol. The second-order valence-electron chi connectivity index (χ2n) is 5.81. The number of ether oxygens (including phenoxy) is 1. The molecule has 0 spiro atoms. The Bertz CT molecular complexity index is 1010. The number of amides is 1. The van der Waals surface area contributed by atoms with Crippen molar-refractivity contribution in [3.63, 3.8) is 0 Å². The topological polar surface area (TPSA) is 50.7 Å². The minimum Gasteiger partial charge on any atom is -0.488 e. The molecule has 3 rings (SSSR count). The number of nitrogens with zero attached hydrogens (tertiary/aromatic N) is 1. The van der Waals surface area contributed by atoms with Crippen LogP contribution in [-0.4, -0.2) is 12.1 Å². The first-order valence-corrected chi connectivity index (χ1v) is 9.44. The number of rotatable bonds is 6. The summed E-state index contributed by atoms with van der Waals surface area (Å²) in [6, 6.07) is 18.1. The maximum absolute atomic E-state index is 13.3. The highest BCUT2D eigenvalue weighted by Crippen LogP contribution is 2.23. The predicted molar refractivity (Wildman–Crippen MR) is 111 cm³/mol. The summed E-state index contributed by atoms with van der Waals surface area (Å²) in [6.07, 6.45) is 1.49. The van der Waals surface area contributed by atoms with Gasteiger partial charge < -0.3 is 4.74 Å². The highest BCUT2D eigenvalue weighted by atomic mass is 79.9. The molecule has 0 aliphatic rings. The van der Waals surface area contributed by atoms with E-state index >= 15 is 0 Å². The number of hydrogen-bond donors (Lipinski definition) is 1. The van der Waals surface area contributed by atoms with Crippen LogP contribution in [0.5, 0.6) is 5.75 Å². The molecule has 142 valence electrons. The van der Waals surface area contributed by atoms with Gasteiger partial charge in [-0.25, -0.2) is 9.82 Å². The van der Waals surface area contributed by atoms with E-state index in [9.17, 15) is 9.18 Å². The summed E-state index contributed by atoms with van der Waals surface area (Å²) in [4.78, 5) is 12.1. The molecule has 28 heavy (non-hydrogen) atoms. The molecule has 0 fully saturated rings. The molecule has 0 radical (unpaired) electrons. The zero-order valence-corrected chi connectivity index (χ0v) is 16.9. The zero-order valence-electron chi connectivity index (χ0n) is 14.5. The van der Waals surface area contributed by atoms with E-state index < -0.39 is 0 Å². The van der Waals surface area contributed by atoms with E-state index in [4.69, 9.17) is 16.3 Å². The second kappa shape index (κ2) is 9.48. The van der Waals surface area contributed by atoms with E-state index in [0.29, 0.717) is 27.5 Å². The van der Waals surface area contributed by atoms with Crippen LogP contribution in [-0.2, 0) is 6.61 Å². The van der Waals surface area contributed by atoms with Crippen LogP contribution in [0.2, 0.25) is 5.02 Å². The Labute approximate surface area is 175 Å². The van der Waals surface area contributed by atoms with Crippen molar-refractivity contribution in [1.29, 1.82) is 0 Å². The van der Waals surface area contributed by atoms with Gasteiger partial charge in [-0.3, -0.25) is 4.79 Å². The second-order valence-corrected chi connectivity index (χ2v) is 7.16. The van der Waals surface area contributed by atoms with Gasteiger partial charge in [0.1, 0.15) is 18.2 Å². The predicted octanol–water partition coefficient (Wildman–Crippen LogP) is 5.58. The van der Waals surface area contributed by atoms with Crippen LogP contribution in [0.4, 0.5) is 4.39 Å². The summed E-state index contributed by atoms with van der Waals surface area (Å²) in [7, 11) is 0.